The molecule has 1 amide bonds. The van der Waals surface area contributed by atoms with E-state index in [0.717, 1.165) is 25.8 Å². The lowest BCUT2D eigenvalue weighted by Crippen LogP contribution is -2.42. The molecule has 92 valence electrons. The van der Waals surface area contributed by atoms with Crippen LogP contribution in [0.5, 0.6) is 0 Å². The number of carbonyl (C=O) groups is 1. The molecule has 2 aliphatic rings. The Morgan fingerprint density at radius 3 is 2.94 bits per heavy atom. The third-order valence-corrected chi connectivity index (χ3v) is 3.31. The molecule has 0 radical (unpaired) electrons. The highest BCUT2D eigenvalue weighted by molar-refractivity contribution is 5.80. The van der Waals surface area contributed by atoms with E-state index in [9.17, 15) is 9.90 Å². The van der Waals surface area contributed by atoms with Gasteiger partial charge in [-0.3, -0.25) is 4.79 Å². The number of carbonyl (C=O) groups excluding carboxylic acids is 1. The monoisotopic (exact) mass is 228 g/mol. The van der Waals surface area contributed by atoms with E-state index in [4.69, 9.17) is 4.74 Å². The second kappa shape index (κ2) is 5.61. The molecule has 3 atom stereocenters. The molecule has 2 heterocycles. The predicted octanol–water partition coefficient (Wildman–Crippen LogP) is -0.748. The van der Waals surface area contributed by atoms with Crippen molar-refractivity contribution in [1.29, 1.82) is 0 Å². The largest absolute Gasteiger partial charge is 0.391 e. The number of ether oxygens (including phenoxy) is 1. The maximum atomic E-state index is 11.7. The average molecular weight is 228 g/mol. The van der Waals surface area contributed by atoms with Crippen LogP contribution in [0.1, 0.15) is 19.3 Å². The van der Waals surface area contributed by atoms with Gasteiger partial charge in [-0.15, -0.1) is 0 Å². The number of amides is 1. The van der Waals surface area contributed by atoms with Crippen molar-refractivity contribution in [2.75, 3.05) is 26.2 Å². The van der Waals surface area contributed by atoms with Crippen LogP contribution in [-0.4, -0.2) is 49.5 Å². The zero-order chi connectivity index (χ0) is 11.4. The summed E-state index contributed by atoms with van der Waals surface area (Å²) in [7, 11) is 0. The SMILES string of the molecule is O=C(NCC1CNCC1O)C1CCCCO1. The molecule has 0 aromatic heterocycles. The number of aliphatic hydroxyl groups is 1. The highest BCUT2D eigenvalue weighted by atomic mass is 16.5. The van der Waals surface area contributed by atoms with Crippen molar-refractivity contribution >= 4 is 5.91 Å². The van der Waals surface area contributed by atoms with Crippen molar-refractivity contribution in [3.63, 3.8) is 0 Å². The minimum Gasteiger partial charge on any atom is -0.391 e. The van der Waals surface area contributed by atoms with Gasteiger partial charge in [-0.25, -0.2) is 0 Å². The van der Waals surface area contributed by atoms with E-state index in [1.807, 2.05) is 0 Å². The van der Waals surface area contributed by atoms with Gasteiger partial charge in [0.1, 0.15) is 6.10 Å². The molecule has 0 aromatic rings. The summed E-state index contributed by atoms with van der Waals surface area (Å²) in [5.41, 5.74) is 0. The molecular formula is C11H20N2O3. The Balaban J connectivity index is 1.70. The quantitative estimate of drug-likeness (QED) is 0.594. The average Bonchev–Trinajstić information content (AvgIpc) is 2.73. The van der Waals surface area contributed by atoms with Gasteiger partial charge in [0.05, 0.1) is 6.10 Å². The normalized spacial score (nSPS) is 34.9. The molecule has 2 fully saturated rings. The summed E-state index contributed by atoms with van der Waals surface area (Å²) in [6, 6.07) is 0. The first-order chi connectivity index (χ1) is 7.77. The zero-order valence-corrected chi connectivity index (χ0v) is 9.45. The van der Waals surface area contributed by atoms with Gasteiger partial charge in [0, 0.05) is 32.2 Å². The van der Waals surface area contributed by atoms with E-state index < -0.39 is 0 Å². The maximum Gasteiger partial charge on any atom is 0.249 e. The third kappa shape index (κ3) is 2.93. The highest BCUT2D eigenvalue weighted by Crippen LogP contribution is 2.13. The van der Waals surface area contributed by atoms with Crippen molar-refractivity contribution in [3.05, 3.63) is 0 Å². The van der Waals surface area contributed by atoms with E-state index >= 15 is 0 Å². The van der Waals surface area contributed by atoms with Crippen LogP contribution in [0, 0.1) is 5.92 Å². The molecule has 2 saturated heterocycles. The fraction of sp³-hybridized carbons (Fsp3) is 0.909. The fourth-order valence-electron chi connectivity index (χ4n) is 2.22. The first kappa shape index (κ1) is 11.8. The van der Waals surface area contributed by atoms with Gasteiger partial charge in [0.15, 0.2) is 0 Å². The fourth-order valence-corrected chi connectivity index (χ4v) is 2.22. The Hall–Kier alpha value is -0.650. The first-order valence-electron chi connectivity index (χ1n) is 6.05. The van der Waals surface area contributed by atoms with Crippen molar-refractivity contribution in [3.8, 4) is 0 Å². The Morgan fingerprint density at radius 1 is 1.44 bits per heavy atom. The summed E-state index contributed by atoms with van der Waals surface area (Å²) >= 11 is 0. The Morgan fingerprint density at radius 2 is 2.31 bits per heavy atom. The molecule has 2 rings (SSSR count). The van der Waals surface area contributed by atoms with Gasteiger partial charge in [0.2, 0.25) is 5.91 Å². The van der Waals surface area contributed by atoms with E-state index in [1.54, 1.807) is 0 Å². The zero-order valence-electron chi connectivity index (χ0n) is 9.45. The molecule has 3 N–H and O–H groups in total. The molecule has 0 aliphatic carbocycles. The molecule has 5 heteroatoms. The van der Waals surface area contributed by atoms with Gasteiger partial charge in [-0.2, -0.15) is 0 Å². The summed E-state index contributed by atoms with van der Waals surface area (Å²) in [5, 5.41) is 15.5. The summed E-state index contributed by atoms with van der Waals surface area (Å²) in [5.74, 6) is 0.103. The van der Waals surface area contributed by atoms with Gasteiger partial charge in [0.25, 0.3) is 0 Å². The standard InChI is InChI=1S/C11H20N2O3/c14-9-7-12-5-8(9)6-13-11(15)10-3-1-2-4-16-10/h8-10,12,14H,1-7H2,(H,13,15). The summed E-state index contributed by atoms with van der Waals surface area (Å²) < 4.78 is 5.39. The third-order valence-electron chi connectivity index (χ3n) is 3.31. The second-order valence-corrected chi connectivity index (χ2v) is 4.59. The van der Waals surface area contributed by atoms with Crippen LogP contribution < -0.4 is 10.6 Å². The van der Waals surface area contributed by atoms with Crippen LogP contribution in [0.2, 0.25) is 0 Å². The van der Waals surface area contributed by atoms with Gasteiger partial charge in [-0.05, 0) is 19.3 Å². The topological polar surface area (TPSA) is 70.6 Å². The molecule has 2 aliphatic heterocycles. The number of hydrogen-bond acceptors (Lipinski definition) is 4. The van der Waals surface area contributed by atoms with Crippen LogP contribution in [0.15, 0.2) is 0 Å². The van der Waals surface area contributed by atoms with Crippen LogP contribution in [-0.2, 0) is 9.53 Å². The molecule has 0 aromatic carbocycles. The van der Waals surface area contributed by atoms with Crippen molar-refractivity contribution in [1.82, 2.24) is 10.6 Å². The van der Waals surface area contributed by atoms with Crippen molar-refractivity contribution in [2.24, 2.45) is 5.92 Å². The molecule has 5 nitrogen and oxygen atoms in total. The number of hydrogen-bond donors (Lipinski definition) is 3. The number of nitrogens with one attached hydrogen (secondary N) is 2. The number of rotatable bonds is 3. The van der Waals surface area contributed by atoms with Crippen LogP contribution in [0.3, 0.4) is 0 Å². The summed E-state index contributed by atoms with van der Waals surface area (Å²) in [6.07, 6.45) is 2.31. The van der Waals surface area contributed by atoms with Crippen LogP contribution in [0.25, 0.3) is 0 Å². The molecule has 0 spiro atoms. The Kier molecular flexibility index (Phi) is 4.15. The summed E-state index contributed by atoms with van der Waals surface area (Å²) in [6.45, 7) is 2.62. The first-order valence-corrected chi connectivity index (χ1v) is 6.05. The molecular weight excluding hydrogens is 208 g/mol. The van der Waals surface area contributed by atoms with Crippen molar-refractivity contribution < 1.29 is 14.6 Å². The lowest BCUT2D eigenvalue weighted by atomic mass is 10.1. The molecule has 0 saturated carbocycles. The van der Waals surface area contributed by atoms with Crippen LogP contribution in [0.4, 0.5) is 0 Å². The second-order valence-electron chi connectivity index (χ2n) is 4.59. The molecule has 16 heavy (non-hydrogen) atoms. The van der Waals surface area contributed by atoms with Gasteiger partial charge in [-0.1, -0.05) is 0 Å². The number of β-amino-alcohol motifs (C(OH)–C–C–N with tert-alkyl or cyclic N) is 1. The Labute approximate surface area is 95.5 Å². The smallest absolute Gasteiger partial charge is 0.249 e. The Bertz CT molecular complexity index is 241. The van der Waals surface area contributed by atoms with E-state index in [0.29, 0.717) is 19.7 Å². The highest BCUT2D eigenvalue weighted by Gasteiger charge is 2.27. The van der Waals surface area contributed by atoms with E-state index in [1.165, 1.54) is 0 Å². The summed E-state index contributed by atoms with van der Waals surface area (Å²) in [4.78, 5) is 11.7. The van der Waals surface area contributed by atoms with E-state index in [-0.39, 0.29) is 24.0 Å². The van der Waals surface area contributed by atoms with E-state index in [2.05, 4.69) is 10.6 Å². The lowest BCUT2D eigenvalue weighted by molar-refractivity contribution is -0.135. The predicted molar refractivity (Wildman–Crippen MR) is 59.0 cm³/mol. The number of aliphatic hydroxyl groups excluding tert-OH is 1. The van der Waals surface area contributed by atoms with Crippen molar-refractivity contribution in [2.45, 2.75) is 31.5 Å². The molecule has 3 unspecified atom stereocenters. The minimum absolute atomic E-state index is 0.0289. The lowest BCUT2D eigenvalue weighted by Gasteiger charge is -2.23. The van der Waals surface area contributed by atoms with Gasteiger partial charge >= 0.3 is 0 Å². The maximum absolute atomic E-state index is 11.7. The van der Waals surface area contributed by atoms with Crippen LogP contribution >= 0.6 is 0 Å². The molecule has 0 bridgehead atoms. The van der Waals surface area contributed by atoms with Gasteiger partial charge < -0.3 is 20.5 Å². The minimum atomic E-state index is -0.340.